The Kier molecular flexibility index (Phi) is 6.15. The molecule has 0 unspecified atom stereocenters. The Morgan fingerprint density at radius 3 is 2.91 bits per heavy atom. The van der Waals surface area contributed by atoms with Gasteiger partial charge in [-0.15, -0.1) is 0 Å². The average Bonchev–Trinajstić information content (AvgIpc) is 2.89. The van der Waals surface area contributed by atoms with Gasteiger partial charge in [-0.2, -0.15) is 5.10 Å². The highest BCUT2D eigenvalue weighted by Crippen LogP contribution is 2.10. The van der Waals surface area contributed by atoms with Crippen LogP contribution in [0.3, 0.4) is 0 Å². The zero-order valence-corrected chi connectivity index (χ0v) is 14.2. The molecule has 0 aliphatic carbocycles. The fourth-order valence-corrected chi connectivity index (χ4v) is 2.89. The van der Waals surface area contributed by atoms with Gasteiger partial charge in [0.1, 0.15) is 0 Å². The van der Waals surface area contributed by atoms with Crippen LogP contribution in [0.15, 0.2) is 12.4 Å². The van der Waals surface area contributed by atoms with E-state index in [2.05, 4.69) is 15.7 Å². The Bertz CT molecular complexity index is 542. The van der Waals surface area contributed by atoms with Crippen LogP contribution in [-0.4, -0.2) is 58.2 Å². The summed E-state index contributed by atoms with van der Waals surface area (Å²) in [5.74, 6) is 0.0501. The largest absolute Gasteiger partial charge is 0.352 e. The molecule has 2 atom stereocenters. The number of nitrogens with one attached hydrogen (secondary N) is 2. The maximum Gasteiger partial charge on any atom is 0.236 e. The maximum absolute atomic E-state index is 12.3. The molecule has 0 spiro atoms. The second-order valence-corrected chi connectivity index (χ2v) is 6.40. The molecule has 1 saturated heterocycles. The van der Waals surface area contributed by atoms with Crippen molar-refractivity contribution in [1.82, 2.24) is 25.3 Å². The fourth-order valence-electron chi connectivity index (χ4n) is 2.89. The van der Waals surface area contributed by atoms with Crippen molar-refractivity contribution < 1.29 is 9.59 Å². The van der Waals surface area contributed by atoms with Crippen molar-refractivity contribution in [1.29, 1.82) is 0 Å². The summed E-state index contributed by atoms with van der Waals surface area (Å²) in [4.78, 5) is 25.3. The van der Waals surface area contributed by atoms with Crippen LogP contribution in [0.5, 0.6) is 0 Å². The molecule has 0 saturated carbocycles. The van der Waals surface area contributed by atoms with Crippen LogP contribution in [0.1, 0.15) is 32.3 Å². The van der Waals surface area contributed by atoms with E-state index in [0.29, 0.717) is 13.1 Å². The van der Waals surface area contributed by atoms with E-state index >= 15 is 0 Å². The predicted octanol–water partition coefficient (Wildman–Crippen LogP) is 0.297. The Labute approximate surface area is 137 Å². The van der Waals surface area contributed by atoms with Gasteiger partial charge in [0.05, 0.1) is 19.3 Å². The van der Waals surface area contributed by atoms with Crippen molar-refractivity contribution in [3.8, 4) is 0 Å². The summed E-state index contributed by atoms with van der Waals surface area (Å²) in [6.45, 7) is 7.98. The van der Waals surface area contributed by atoms with Gasteiger partial charge in [0.2, 0.25) is 11.8 Å². The van der Waals surface area contributed by atoms with Gasteiger partial charge in [-0.05, 0) is 32.3 Å². The van der Waals surface area contributed by atoms with Gasteiger partial charge in [-0.25, -0.2) is 0 Å². The number of rotatable bonds is 6. The van der Waals surface area contributed by atoms with Crippen molar-refractivity contribution in [3.05, 3.63) is 18.0 Å². The quantitative estimate of drug-likeness (QED) is 0.790. The Morgan fingerprint density at radius 2 is 2.26 bits per heavy atom. The van der Waals surface area contributed by atoms with E-state index in [0.717, 1.165) is 31.5 Å². The van der Waals surface area contributed by atoms with Gasteiger partial charge in [-0.1, -0.05) is 0 Å². The molecule has 23 heavy (non-hydrogen) atoms. The first-order chi connectivity index (χ1) is 10.9. The Balaban J connectivity index is 1.74. The highest BCUT2D eigenvalue weighted by Gasteiger charge is 2.24. The minimum Gasteiger partial charge on any atom is -0.352 e. The fraction of sp³-hybridized carbons (Fsp3) is 0.688. The van der Waals surface area contributed by atoms with Crippen LogP contribution in [0, 0.1) is 6.92 Å². The molecule has 7 heteroatoms. The molecule has 7 nitrogen and oxygen atoms in total. The highest BCUT2D eigenvalue weighted by atomic mass is 16.2. The molecule has 1 aromatic heterocycles. The zero-order chi connectivity index (χ0) is 16.8. The zero-order valence-electron chi connectivity index (χ0n) is 14.2. The molecule has 2 amide bonds. The molecule has 2 rings (SSSR count). The minimum absolute atomic E-state index is 0.0365. The third kappa shape index (κ3) is 5.67. The molecule has 1 aliphatic heterocycles. The lowest BCUT2D eigenvalue weighted by molar-refractivity contribution is -0.132. The number of carbonyl (C=O) groups excluding carboxylic acids is 2. The van der Waals surface area contributed by atoms with Crippen molar-refractivity contribution in [2.75, 3.05) is 19.6 Å². The van der Waals surface area contributed by atoms with Gasteiger partial charge in [0, 0.05) is 38.3 Å². The van der Waals surface area contributed by atoms with Gasteiger partial charge in [0.25, 0.3) is 0 Å². The smallest absolute Gasteiger partial charge is 0.236 e. The molecule has 2 N–H and O–H groups in total. The van der Waals surface area contributed by atoms with Crippen molar-refractivity contribution in [2.24, 2.45) is 0 Å². The Morgan fingerprint density at radius 1 is 1.48 bits per heavy atom. The first kappa shape index (κ1) is 17.5. The first-order valence-corrected chi connectivity index (χ1v) is 8.21. The van der Waals surface area contributed by atoms with Crippen LogP contribution in [0.25, 0.3) is 0 Å². The molecule has 128 valence electrons. The molecule has 0 bridgehead atoms. The summed E-state index contributed by atoms with van der Waals surface area (Å²) in [7, 11) is 0. The number of amides is 2. The summed E-state index contributed by atoms with van der Waals surface area (Å²) in [5, 5.41) is 10.4. The van der Waals surface area contributed by atoms with E-state index in [-0.39, 0.29) is 23.9 Å². The van der Waals surface area contributed by atoms with Gasteiger partial charge in [0.15, 0.2) is 0 Å². The van der Waals surface area contributed by atoms with Crippen LogP contribution in [-0.2, 0) is 16.1 Å². The van der Waals surface area contributed by atoms with Gasteiger partial charge < -0.3 is 15.5 Å². The summed E-state index contributed by atoms with van der Waals surface area (Å²) >= 11 is 0. The number of nitrogens with zero attached hydrogens (tertiary/aromatic N) is 3. The monoisotopic (exact) mass is 321 g/mol. The maximum atomic E-state index is 12.3. The first-order valence-electron chi connectivity index (χ1n) is 8.21. The van der Waals surface area contributed by atoms with Crippen molar-refractivity contribution in [3.63, 3.8) is 0 Å². The molecular weight excluding hydrogens is 294 g/mol. The molecule has 1 aliphatic rings. The van der Waals surface area contributed by atoms with Crippen LogP contribution >= 0.6 is 0 Å². The number of carbonyl (C=O) groups is 2. The standard InChI is InChI=1S/C16H27N5O2/c1-12-7-18-21(9-12)10-13(2)17-8-16(23)20-6-4-5-15(11-20)19-14(3)22/h7,9,13,15,17H,4-6,8,10-11H2,1-3H3,(H,19,22)/t13-,15-/m1/s1. The summed E-state index contributed by atoms with van der Waals surface area (Å²) in [6.07, 6.45) is 5.68. The van der Waals surface area contributed by atoms with E-state index in [1.807, 2.05) is 35.8 Å². The third-order valence-corrected chi connectivity index (χ3v) is 4.01. The summed E-state index contributed by atoms with van der Waals surface area (Å²) < 4.78 is 1.88. The average molecular weight is 321 g/mol. The molecule has 1 fully saturated rings. The second kappa shape index (κ2) is 8.10. The van der Waals surface area contributed by atoms with E-state index in [1.165, 1.54) is 6.92 Å². The number of likely N-dealkylation sites (tertiary alicyclic amines) is 1. The lowest BCUT2D eigenvalue weighted by Crippen LogP contribution is -2.51. The van der Waals surface area contributed by atoms with Crippen LogP contribution in [0.4, 0.5) is 0 Å². The minimum atomic E-state index is -0.0365. The third-order valence-electron chi connectivity index (χ3n) is 4.01. The molecule has 0 aromatic carbocycles. The molecule has 1 aromatic rings. The SMILES string of the molecule is CC(=O)N[C@@H]1CCCN(C(=O)CN[C@H](C)Cn2cc(C)cn2)C1. The topological polar surface area (TPSA) is 79.3 Å². The highest BCUT2D eigenvalue weighted by molar-refractivity contribution is 5.78. The normalized spacial score (nSPS) is 19.4. The number of aryl methyl sites for hydroxylation is 1. The van der Waals surface area contributed by atoms with E-state index in [1.54, 1.807) is 0 Å². The number of piperidine rings is 1. The lowest BCUT2D eigenvalue weighted by Gasteiger charge is -2.33. The van der Waals surface area contributed by atoms with Gasteiger partial charge >= 0.3 is 0 Å². The second-order valence-electron chi connectivity index (χ2n) is 6.40. The predicted molar refractivity (Wildman–Crippen MR) is 87.8 cm³/mol. The van der Waals surface area contributed by atoms with Crippen LogP contribution < -0.4 is 10.6 Å². The summed E-state index contributed by atoms with van der Waals surface area (Å²) in [5.41, 5.74) is 1.13. The van der Waals surface area contributed by atoms with Crippen molar-refractivity contribution in [2.45, 2.75) is 52.2 Å². The molecule has 2 heterocycles. The summed E-state index contributed by atoms with van der Waals surface area (Å²) in [6, 6.07) is 0.240. The van der Waals surface area contributed by atoms with E-state index < -0.39 is 0 Å². The molecular formula is C16H27N5O2. The number of hydrogen-bond acceptors (Lipinski definition) is 4. The van der Waals surface area contributed by atoms with E-state index in [4.69, 9.17) is 0 Å². The number of aromatic nitrogens is 2. The Hall–Kier alpha value is -1.89. The van der Waals surface area contributed by atoms with Crippen molar-refractivity contribution >= 4 is 11.8 Å². The molecule has 0 radical (unpaired) electrons. The van der Waals surface area contributed by atoms with E-state index in [9.17, 15) is 9.59 Å². The van der Waals surface area contributed by atoms with Crippen LogP contribution in [0.2, 0.25) is 0 Å². The van der Waals surface area contributed by atoms with Gasteiger partial charge in [-0.3, -0.25) is 14.3 Å². The number of hydrogen-bond donors (Lipinski definition) is 2. The lowest BCUT2D eigenvalue weighted by atomic mass is 10.1.